The van der Waals surface area contributed by atoms with Crippen molar-refractivity contribution in [2.24, 2.45) is 11.8 Å². The number of esters is 1. The van der Waals surface area contributed by atoms with Crippen molar-refractivity contribution in [1.82, 2.24) is 9.55 Å². The molecule has 1 unspecified atom stereocenters. The fourth-order valence-corrected chi connectivity index (χ4v) is 6.37. The van der Waals surface area contributed by atoms with E-state index in [1.165, 1.54) is 18.2 Å². The van der Waals surface area contributed by atoms with Gasteiger partial charge in [0.05, 0.1) is 23.9 Å². The number of carbonyl (C=O) groups excluding carboxylic acids is 1. The highest BCUT2D eigenvalue weighted by atomic mass is 16.5. The number of rotatable bonds is 6. The second-order valence-electron chi connectivity index (χ2n) is 10.5. The number of nitrogens with zero attached hydrogens (tertiary/aromatic N) is 3. The summed E-state index contributed by atoms with van der Waals surface area (Å²) in [6.07, 6.45) is 3.85. The second-order valence-corrected chi connectivity index (χ2v) is 10.5. The largest absolute Gasteiger partial charge is 0.511 e. The van der Waals surface area contributed by atoms with Gasteiger partial charge in [-0.15, -0.1) is 0 Å². The van der Waals surface area contributed by atoms with Crippen LogP contribution in [0.25, 0.3) is 17.1 Å². The lowest BCUT2D eigenvalue weighted by Crippen LogP contribution is -2.44. The summed E-state index contributed by atoms with van der Waals surface area (Å²) in [7, 11) is 0. The summed E-state index contributed by atoms with van der Waals surface area (Å²) in [6, 6.07) is 21.0. The zero-order valence-corrected chi connectivity index (χ0v) is 21.7. The van der Waals surface area contributed by atoms with Crippen LogP contribution in [-0.4, -0.2) is 27.2 Å². The van der Waals surface area contributed by atoms with Gasteiger partial charge in [-0.25, -0.2) is 4.98 Å². The van der Waals surface area contributed by atoms with Gasteiger partial charge < -0.3 is 9.84 Å². The molecular weight excluding hydrogens is 462 g/mol. The van der Waals surface area contributed by atoms with E-state index in [4.69, 9.17) is 9.72 Å². The average molecular weight is 496 g/mol. The van der Waals surface area contributed by atoms with Crippen LogP contribution in [0.5, 0.6) is 0 Å². The zero-order chi connectivity index (χ0) is 26.2. The Balaban J connectivity index is 1.61. The molecule has 1 N–H and O–H groups in total. The summed E-state index contributed by atoms with van der Waals surface area (Å²) < 4.78 is 7.40. The molecule has 6 nitrogen and oxygen atoms in total. The van der Waals surface area contributed by atoms with E-state index in [1.807, 2.05) is 25.1 Å². The van der Waals surface area contributed by atoms with Crippen molar-refractivity contribution >= 4 is 5.97 Å². The maximum atomic E-state index is 11.1. The van der Waals surface area contributed by atoms with Crippen LogP contribution in [0.3, 0.4) is 0 Å². The molecule has 1 heterocycles. The molecule has 0 aliphatic heterocycles. The summed E-state index contributed by atoms with van der Waals surface area (Å²) >= 11 is 0. The van der Waals surface area contributed by atoms with E-state index < -0.39 is 0 Å². The van der Waals surface area contributed by atoms with Crippen LogP contribution in [0.1, 0.15) is 57.0 Å². The molecule has 37 heavy (non-hydrogen) atoms. The highest BCUT2D eigenvalue weighted by Crippen LogP contribution is 2.53. The van der Waals surface area contributed by atoms with E-state index in [2.05, 4.69) is 54.0 Å². The number of imidazole rings is 1. The summed E-state index contributed by atoms with van der Waals surface area (Å²) in [4.78, 5) is 16.4. The number of ether oxygens (including phenoxy) is 1. The summed E-state index contributed by atoms with van der Waals surface area (Å²) in [5, 5.41) is 20.5. The number of hydrogen-bond donors (Lipinski definition) is 1. The van der Waals surface area contributed by atoms with Crippen molar-refractivity contribution in [3.63, 3.8) is 0 Å². The second kappa shape index (κ2) is 9.89. The number of fused-ring (bicyclic) bond motifs is 3. The van der Waals surface area contributed by atoms with Crippen molar-refractivity contribution < 1.29 is 14.6 Å². The number of allylic oxidation sites excluding steroid dienone is 2. The number of aromatic nitrogens is 2. The molecule has 3 aromatic rings. The van der Waals surface area contributed by atoms with E-state index in [1.54, 1.807) is 0 Å². The van der Waals surface area contributed by atoms with Crippen molar-refractivity contribution in [3.05, 3.63) is 82.9 Å². The first-order valence-corrected chi connectivity index (χ1v) is 13.1. The van der Waals surface area contributed by atoms with Gasteiger partial charge in [-0.05, 0) is 55.7 Å². The van der Waals surface area contributed by atoms with Crippen LogP contribution in [0.15, 0.2) is 65.9 Å². The molecule has 0 spiro atoms. The van der Waals surface area contributed by atoms with E-state index in [0.717, 1.165) is 48.5 Å². The summed E-state index contributed by atoms with van der Waals surface area (Å²) in [6.45, 7) is 6.10. The topological polar surface area (TPSA) is 88.1 Å². The van der Waals surface area contributed by atoms with Crippen LogP contribution in [0.2, 0.25) is 0 Å². The first kappa shape index (κ1) is 24.8. The van der Waals surface area contributed by atoms with Gasteiger partial charge in [-0.3, -0.25) is 9.36 Å². The van der Waals surface area contributed by atoms with Crippen LogP contribution in [0, 0.1) is 23.2 Å². The first-order chi connectivity index (χ1) is 17.8. The molecule has 0 amide bonds. The number of aliphatic hydroxyl groups excluding tert-OH is 1. The molecule has 2 aliphatic rings. The molecule has 2 aromatic carbocycles. The standard InChI is InChI=1S/C31H33N3O3/c1-20-26-14-15-27-29(31(26,3)18-24(19-32)28(20)36)33-30(23-11-5-4-6-12-23)34(27)25-13-7-9-22(17-25)10-8-16-37-21(2)35/h4-7,9,11-13,17,20,26,36H,8,10,14-16,18H2,1-3H3/t20-,26?,31-/m0/s1. The fraction of sp³-hybridized carbons (Fsp3) is 0.387. The van der Waals surface area contributed by atoms with Gasteiger partial charge in [-0.1, -0.05) is 56.3 Å². The lowest BCUT2D eigenvalue weighted by molar-refractivity contribution is -0.141. The van der Waals surface area contributed by atoms with Gasteiger partial charge in [0.25, 0.3) is 0 Å². The van der Waals surface area contributed by atoms with Crippen LogP contribution >= 0.6 is 0 Å². The Kier molecular flexibility index (Phi) is 6.64. The lowest BCUT2D eigenvalue weighted by Gasteiger charge is -2.46. The fourth-order valence-electron chi connectivity index (χ4n) is 6.37. The van der Waals surface area contributed by atoms with Crippen molar-refractivity contribution in [3.8, 4) is 23.1 Å². The minimum Gasteiger partial charge on any atom is -0.511 e. The Morgan fingerprint density at radius 3 is 2.76 bits per heavy atom. The molecule has 3 atom stereocenters. The molecule has 0 fully saturated rings. The monoisotopic (exact) mass is 495 g/mol. The predicted octanol–water partition coefficient (Wildman–Crippen LogP) is 6.23. The van der Waals surface area contributed by atoms with Crippen LogP contribution in [-0.2, 0) is 27.8 Å². The highest BCUT2D eigenvalue weighted by Gasteiger charge is 2.50. The number of aliphatic hydroxyl groups is 1. The number of nitriles is 1. The van der Waals surface area contributed by atoms with Crippen molar-refractivity contribution in [1.29, 1.82) is 5.26 Å². The molecule has 0 saturated heterocycles. The van der Waals surface area contributed by atoms with E-state index in [0.29, 0.717) is 18.6 Å². The summed E-state index contributed by atoms with van der Waals surface area (Å²) in [5.41, 5.74) is 5.64. The smallest absolute Gasteiger partial charge is 0.302 e. The number of hydrogen-bond acceptors (Lipinski definition) is 5. The Labute approximate surface area is 218 Å². The van der Waals surface area contributed by atoms with Crippen molar-refractivity contribution in [2.75, 3.05) is 6.61 Å². The lowest BCUT2D eigenvalue weighted by atomic mass is 9.57. The number of aryl methyl sites for hydroxylation is 1. The molecule has 2 aliphatic carbocycles. The Hall–Kier alpha value is -3.85. The number of benzene rings is 2. The van der Waals surface area contributed by atoms with Gasteiger partial charge >= 0.3 is 5.97 Å². The van der Waals surface area contributed by atoms with Gasteiger partial charge in [0, 0.05) is 35.2 Å². The molecule has 6 heteroatoms. The van der Waals surface area contributed by atoms with Gasteiger partial charge in [0.1, 0.15) is 11.6 Å². The third kappa shape index (κ3) is 4.44. The van der Waals surface area contributed by atoms with Crippen molar-refractivity contribution in [2.45, 2.75) is 58.3 Å². The van der Waals surface area contributed by atoms with Gasteiger partial charge in [-0.2, -0.15) is 5.26 Å². The predicted molar refractivity (Wildman–Crippen MR) is 142 cm³/mol. The minimum absolute atomic E-state index is 0.0765. The van der Waals surface area contributed by atoms with E-state index >= 15 is 0 Å². The van der Waals surface area contributed by atoms with E-state index in [-0.39, 0.29) is 29.0 Å². The average Bonchev–Trinajstić information content (AvgIpc) is 3.30. The quantitative estimate of drug-likeness (QED) is 0.323. The third-order valence-corrected chi connectivity index (χ3v) is 8.16. The first-order valence-electron chi connectivity index (χ1n) is 13.1. The van der Waals surface area contributed by atoms with Gasteiger partial charge in [0.2, 0.25) is 0 Å². The molecule has 190 valence electrons. The molecule has 1 aromatic heterocycles. The molecular formula is C31H33N3O3. The Morgan fingerprint density at radius 2 is 2.03 bits per heavy atom. The maximum Gasteiger partial charge on any atom is 0.302 e. The minimum atomic E-state index is -0.333. The molecule has 0 radical (unpaired) electrons. The van der Waals surface area contributed by atoms with E-state index in [9.17, 15) is 15.2 Å². The molecule has 0 bridgehead atoms. The third-order valence-electron chi connectivity index (χ3n) is 8.16. The summed E-state index contributed by atoms with van der Waals surface area (Å²) in [5.74, 6) is 1.04. The zero-order valence-electron chi connectivity index (χ0n) is 21.7. The highest BCUT2D eigenvalue weighted by molar-refractivity contribution is 5.66. The molecule has 0 saturated carbocycles. The van der Waals surface area contributed by atoms with Gasteiger partial charge in [0.15, 0.2) is 0 Å². The number of carbonyl (C=O) groups is 1. The Morgan fingerprint density at radius 1 is 1.24 bits per heavy atom. The van der Waals surface area contributed by atoms with Crippen LogP contribution < -0.4 is 0 Å². The molecule has 5 rings (SSSR count). The normalized spacial score (nSPS) is 22.6. The Bertz CT molecular complexity index is 1400. The maximum absolute atomic E-state index is 11.1. The SMILES string of the molecule is CC(=O)OCCCc1cccc(-n2c(-c3ccccc3)nc3c2CCC2[C@H](C)C(O)=C(C#N)C[C@]32C)c1. The van der Waals surface area contributed by atoms with Crippen LogP contribution in [0.4, 0.5) is 0 Å².